The van der Waals surface area contributed by atoms with E-state index in [4.69, 9.17) is 4.74 Å². The van der Waals surface area contributed by atoms with E-state index in [0.29, 0.717) is 5.75 Å². The van der Waals surface area contributed by atoms with Gasteiger partial charge in [0, 0.05) is 13.0 Å². The molecule has 8 nitrogen and oxygen atoms in total. The summed E-state index contributed by atoms with van der Waals surface area (Å²) in [5.41, 5.74) is 0.275. The second kappa shape index (κ2) is 5.83. The van der Waals surface area contributed by atoms with Gasteiger partial charge in [0.25, 0.3) is 10.0 Å². The van der Waals surface area contributed by atoms with Crippen LogP contribution in [0.15, 0.2) is 35.4 Å². The summed E-state index contributed by atoms with van der Waals surface area (Å²) in [6, 6.07) is 5.64. The number of anilines is 2. The van der Waals surface area contributed by atoms with E-state index < -0.39 is 10.0 Å². The van der Waals surface area contributed by atoms with Crippen LogP contribution in [0.25, 0.3) is 0 Å². The third-order valence-electron chi connectivity index (χ3n) is 2.54. The van der Waals surface area contributed by atoms with Crippen molar-refractivity contribution in [2.24, 2.45) is 0 Å². The zero-order valence-corrected chi connectivity index (χ0v) is 12.2. The highest BCUT2D eigenvalue weighted by Gasteiger charge is 2.17. The lowest BCUT2D eigenvalue weighted by Crippen LogP contribution is -2.14. The number of methoxy groups -OCH3 is 1. The van der Waals surface area contributed by atoms with Crippen LogP contribution in [0.3, 0.4) is 0 Å². The van der Waals surface area contributed by atoms with Crippen molar-refractivity contribution in [3.05, 3.63) is 30.5 Å². The summed E-state index contributed by atoms with van der Waals surface area (Å²) in [7, 11) is -2.37. The summed E-state index contributed by atoms with van der Waals surface area (Å²) >= 11 is 0. The van der Waals surface area contributed by atoms with Crippen LogP contribution in [0.2, 0.25) is 0 Å². The quantitative estimate of drug-likeness (QED) is 0.767. The first-order valence-corrected chi connectivity index (χ1v) is 7.38. The van der Waals surface area contributed by atoms with Gasteiger partial charge in [-0.25, -0.2) is 8.42 Å². The average Bonchev–Trinajstić information content (AvgIpc) is 2.90. The highest BCUT2D eigenvalue weighted by molar-refractivity contribution is 7.92. The number of aromatic amines is 1. The fourth-order valence-electron chi connectivity index (χ4n) is 1.66. The molecule has 0 aliphatic rings. The molecule has 0 unspecified atom stereocenters. The second-order valence-corrected chi connectivity index (χ2v) is 5.80. The zero-order chi connectivity index (χ0) is 15.5. The molecule has 0 spiro atoms. The number of ether oxygens (including phenoxy) is 1. The molecule has 2 aromatic rings. The molecule has 0 atom stereocenters. The Morgan fingerprint density at radius 2 is 2.10 bits per heavy atom. The van der Waals surface area contributed by atoms with Gasteiger partial charge in [0.1, 0.15) is 11.6 Å². The van der Waals surface area contributed by atoms with E-state index in [2.05, 4.69) is 20.2 Å². The Balaban J connectivity index is 2.37. The van der Waals surface area contributed by atoms with Gasteiger partial charge in [0.15, 0.2) is 0 Å². The minimum Gasteiger partial charge on any atom is -0.495 e. The summed E-state index contributed by atoms with van der Waals surface area (Å²) in [5, 5.41) is 8.67. The Labute approximate surface area is 121 Å². The number of sulfonamides is 1. The molecule has 21 heavy (non-hydrogen) atoms. The van der Waals surface area contributed by atoms with Crippen LogP contribution >= 0.6 is 0 Å². The number of carbonyl (C=O) groups is 1. The SMILES string of the molecule is COc1ccc(S(=O)(=O)Nc2ccn[nH]2)cc1NC(C)=O. The predicted octanol–water partition coefficient (Wildman–Crippen LogP) is 1.18. The van der Waals surface area contributed by atoms with E-state index >= 15 is 0 Å². The summed E-state index contributed by atoms with van der Waals surface area (Å²) in [6.07, 6.45) is 1.43. The smallest absolute Gasteiger partial charge is 0.263 e. The van der Waals surface area contributed by atoms with Crippen molar-refractivity contribution >= 4 is 27.4 Å². The first kappa shape index (κ1) is 14.9. The lowest BCUT2D eigenvalue weighted by atomic mass is 10.3. The molecule has 112 valence electrons. The molecule has 1 heterocycles. The summed E-state index contributed by atoms with van der Waals surface area (Å²) in [4.78, 5) is 11.1. The third kappa shape index (κ3) is 3.51. The molecule has 0 bridgehead atoms. The Morgan fingerprint density at radius 3 is 2.67 bits per heavy atom. The number of carbonyl (C=O) groups excluding carboxylic acids is 1. The lowest BCUT2D eigenvalue weighted by Gasteiger charge is -2.12. The Bertz CT molecular complexity index is 741. The highest BCUT2D eigenvalue weighted by Crippen LogP contribution is 2.28. The van der Waals surface area contributed by atoms with Gasteiger partial charge in [0.2, 0.25) is 5.91 Å². The third-order valence-corrected chi connectivity index (χ3v) is 3.90. The zero-order valence-electron chi connectivity index (χ0n) is 11.4. The number of aromatic nitrogens is 2. The number of amides is 1. The maximum atomic E-state index is 12.2. The van der Waals surface area contributed by atoms with Crippen LogP contribution in [-0.4, -0.2) is 31.6 Å². The molecule has 0 radical (unpaired) electrons. The van der Waals surface area contributed by atoms with Gasteiger partial charge in [0.05, 0.1) is 23.9 Å². The molecule has 1 amide bonds. The van der Waals surface area contributed by atoms with Gasteiger partial charge in [-0.1, -0.05) is 0 Å². The minimum atomic E-state index is -3.79. The van der Waals surface area contributed by atoms with Crippen molar-refractivity contribution in [2.75, 3.05) is 17.1 Å². The van der Waals surface area contributed by atoms with Crippen LogP contribution in [0, 0.1) is 0 Å². The molecule has 2 rings (SSSR count). The normalized spacial score (nSPS) is 11.0. The number of hydrogen-bond donors (Lipinski definition) is 3. The van der Waals surface area contributed by atoms with Gasteiger partial charge < -0.3 is 10.1 Å². The molecule has 3 N–H and O–H groups in total. The monoisotopic (exact) mass is 310 g/mol. The van der Waals surface area contributed by atoms with Crippen molar-refractivity contribution in [2.45, 2.75) is 11.8 Å². The number of hydrogen-bond acceptors (Lipinski definition) is 5. The topological polar surface area (TPSA) is 113 Å². The van der Waals surface area contributed by atoms with Gasteiger partial charge in [-0.2, -0.15) is 5.10 Å². The molecule has 9 heteroatoms. The van der Waals surface area contributed by atoms with Crippen molar-refractivity contribution in [1.82, 2.24) is 10.2 Å². The van der Waals surface area contributed by atoms with Gasteiger partial charge >= 0.3 is 0 Å². The Kier molecular flexibility index (Phi) is 4.13. The maximum Gasteiger partial charge on any atom is 0.263 e. The summed E-state index contributed by atoms with van der Waals surface area (Å²) < 4.78 is 31.9. The molecule has 0 aliphatic heterocycles. The first-order chi connectivity index (χ1) is 9.92. The number of benzene rings is 1. The molecular formula is C12H14N4O4S. The van der Waals surface area contributed by atoms with E-state index in [9.17, 15) is 13.2 Å². The molecule has 1 aromatic carbocycles. The second-order valence-electron chi connectivity index (χ2n) is 4.12. The highest BCUT2D eigenvalue weighted by atomic mass is 32.2. The minimum absolute atomic E-state index is 0.0124. The summed E-state index contributed by atoms with van der Waals surface area (Å²) in [5.74, 6) is 0.280. The van der Waals surface area contributed by atoms with Gasteiger partial charge in [-0.05, 0) is 18.2 Å². The number of rotatable bonds is 5. The predicted molar refractivity (Wildman–Crippen MR) is 76.7 cm³/mol. The molecule has 0 saturated heterocycles. The van der Waals surface area contributed by atoms with E-state index in [1.165, 1.54) is 44.5 Å². The van der Waals surface area contributed by atoms with E-state index in [0.717, 1.165) is 0 Å². The lowest BCUT2D eigenvalue weighted by molar-refractivity contribution is -0.114. The summed E-state index contributed by atoms with van der Waals surface area (Å²) in [6.45, 7) is 1.32. The molecule has 0 aliphatic carbocycles. The van der Waals surface area contributed by atoms with Crippen molar-refractivity contribution < 1.29 is 17.9 Å². The van der Waals surface area contributed by atoms with Crippen LogP contribution in [-0.2, 0) is 14.8 Å². The average molecular weight is 310 g/mol. The number of H-pyrrole nitrogens is 1. The largest absolute Gasteiger partial charge is 0.495 e. The van der Waals surface area contributed by atoms with Gasteiger partial charge in [-0.15, -0.1) is 0 Å². The molecule has 0 fully saturated rings. The fraction of sp³-hybridized carbons (Fsp3) is 0.167. The standard InChI is InChI=1S/C12H14N4O4S/c1-8(17)14-10-7-9(3-4-11(10)20-2)21(18,19)16-12-5-6-13-15-12/h3-7H,1-2H3,(H,14,17)(H2,13,15,16). The van der Waals surface area contributed by atoms with Crippen molar-refractivity contribution in [3.8, 4) is 5.75 Å². The number of nitrogens with one attached hydrogen (secondary N) is 3. The molecular weight excluding hydrogens is 296 g/mol. The Hall–Kier alpha value is -2.55. The van der Waals surface area contributed by atoms with Crippen LogP contribution in [0.1, 0.15) is 6.92 Å². The maximum absolute atomic E-state index is 12.2. The van der Waals surface area contributed by atoms with Crippen LogP contribution in [0.5, 0.6) is 5.75 Å². The van der Waals surface area contributed by atoms with Gasteiger partial charge in [-0.3, -0.25) is 14.6 Å². The van der Waals surface area contributed by atoms with Crippen molar-refractivity contribution in [1.29, 1.82) is 0 Å². The Morgan fingerprint density at radius 1 is 1.33 bits per heavy atom. The molecule has 0 saturated carbocycles. The van der Waals surface area contributed by atoms with Crippen LogP contribution < -0.4 is 14.8 Å². The van der Waals surface area contributed by atoms with E-state index in [1.807, 2.05) is 0 Å². The van der Waals surface area contributed by atoms with E-state index in [-0.39, 0.29) is 22.3 Å². The van der Waals surface area contributed by atoms with E-state index in [1.54, 1.807) is 0 Å². The van der Waals surface area contributed by atoms with Crippen molar-refractivity contribution in [3.63, 3.8) is 0 Å². The molecule has 1 aromatic heterocycles. The number of nitrogens with zero attached hydrogens (tertiary/aromatic N) is 1. The fourth-order valence-corrected chi connectivity index (χ4v) is 2.70. The van der Waals surface area contributed by atoms with Crippen LogP contribution in [0.4, 0.5) is 11.5 Å². The first-order valence-electron chi connectivity index (χ1n) is 5.90.